The van der Waals surface area contributed by atoms with Crippen LogP contribution in [0.3, 0.4) is 0 Å². The van der Waals surface area contributed by atoms with Gasteiger partial charge in [-0.05, 0) is 55.8 Å². The zero-order valence-corrected chi connectivity index (χ0v) is 14.0. The van der Waals surface area contributed by atoms with Crippen molar-refractivity contribution in [3.05, 3.63) is 16.4 Å². The maximum absolute atomic E-state index is 13.0. The number of aryl methyl sites for hydroxylation is 1. The van der Waals surface area contributed by atoms with Gasteiger partial charge in [-0.3, -0.25) is 9.48 Å². The van der Waals surface area contributed by atoms with Crippen LogP contribution in [0, 0.1) is 23.7 Å². The molecule has 1 aromatic rings. The standard InChI is InChI=1S/C16H19ClF3N3O/c1-23-14(16(18,19)20)11(17)13(22-23)15(24)21-12-9-3-7-2-8(5-9)6-10(12)4-7/h7-10,12H,2-6H2,1H3,(H,21,24). The first kappa shape index (κ1) is 16.2. The quantitative estimate of drug-likeness (QED) is 0.874. The van der Waals surface area contributed by atoms with E-state index in [9.17, 15) is 18.0 Å². The molecule has 0 unspecified atom stereocenters. The summed E-state index contributed by atoms with van der Waals surface area (Å²) in [4.78, 5) is 12.5. The third-order valence-electron chi connectivity index (χ3n) is 6.00. The van der Waals surface area contributed by atoms with Gasteiger partial charge in [0.2, 0.25) is 0 Å². The van der Waals surface area contributed by atoms with E-state index in [0.717, 1.165) is 44.6 Å². The Bertz CT molecular complexity index is 657. The summed E-state index contributed by atoms with van der Waals surface area (Å²) in [6.07, 6.45) is 1.11. The lowest BCUT2D eigenvalue weighted by Gasteiger charge is -2.54. The average molecular weight is 362 g/mol. The summed E-state index contributed by atoms with van der Waals surface area (Å²) in [7, 11) is 1.15. The highest BCUT2D eigenvalue weighted by molar-refractivity contribution is 6.34. The SMILES string of the molecule is Cn1nc(C(=O)NC2C3CC4CC(C3)CC2C4)c(Cl)c1C(F)(F)F. The van der Waals surface area contributed by atoms with E-state index in [2.05, 4.69) is 10.4 Å². The average Bonchev–Trinajstić information content (AvgIpc) is 2.76. The Kier molecular flexibility index (Phi) is 3.64. The second-order valence-corrected chi connectivity index (χ2v) is 7.94. The predicted molar refractivity (Wildman–Crippen MR) is 81.5 cm³/mol. The first-order valence-corrected chi connectivity index (χ1v) is 8.72. The Morgan fingerprint density at radius 1 is 1.17 bits per heavy atom. The van der Waals surface area contributed by atoms with Crippen LogP contribution in [0.5, 0.6) is 0 Å². The molecule has 1 N–H and O–H groups in total. The van der Waals surface area contributed by atoms with Crippen LogP contribution in [0.4, 0.5) is 13.2 Å². The van der Waals surface area contributed by atoms with Gasteiger partial charge in [-0.2, -0.15) is 18.3 Å². The Labute approximate surface area is 142 Å². The van der Waals surface area contributed by atoms with Gasteiger partial charge in [0, 0.05) is 13.1 Å². The largest absolute Gasteiger partial charge is 0.434 e. The molecule has 4 aliphatic carbocycles. The molecule has 1 heterocycles. The summed E-state index contributed by atoms with van der Waals surface area (Å²) < 4.78 is 39.6. The van der Waals surface area contributed by atoms with Gasteiger partial charge in [0.1, 0.15) is 5.02 Å². The molecule has 0 saturated heterocycles. The molecule has 24 heavy (non-hydrogen) atoms. The molecule has 0 radical (unpaired) electrons. The van der Waals surface area contributed by atoms with Crippen LogP contribution < -0.4 is 5.32 Å². The van der Waals surface area contributed by atoms with Gasteiger partial charge in [0.15, 0.2) is 11.4 Å². The fraction of sp³-hybridized carbons (Fsp3) is 0.750. The molecule has 0 aromatic carbocycles. The number of carbonyl (C=O) groups excluding carboxylic acids is 1. The van der Waals surface area contributed by atoms with Gasteiger partial charge in [-0.1, -0.05) is 11.6 Å². The number of aromatic nitrogens is 2. The van der Waals surface area contributed by atoms with Gasteiger partial charge < -0.3 is 5.32 Å². The lowest BCUT2D eigenvalue weighted by atomic mass is 9.54. The van der Waals surface area contributed by atoms with Crippen molar-refractivity contribution in [1.29, 1.82) is 0 Å². The molecule has 4 aliphatic rings. The Balaban J connectivity index is 1.55. The van der Waals surface area contributed by atoms with E-state index >= 15 is 0 Å². The van der Waals surface area contributed by atoms with Crippen molar-refractivity contribution < 1.29 is 18.0 Å². The minimum Gasteiger partial charge on any atom is -0.347 e. The van der Waals surface area contributed by atoms with Crippen molar-refractivity contribution >= 4 is 17.5 Å². The predicted octanol–water partition coefficient (Wildman–Crippen LogP) is 3.65. The summed E-state index contributed by atoms with van der Waals surface area (Å²) >= 11 is 5.81. The van der Waals surface area contributed by atoms with Crippen LogP contribution >= 0.6 is 11.6 Å². The Morgan fingerprint density at radius 2 is 1.71 bits per heavy atom. The molecule has 8 heteroatoms. The normalized spacial score (nSPS) is 34.6. The molecule has 132 valence electrons. The molecule has 0 aliphatic heterocycles. The fourth-order valence-corrected chi connectivity index (χ4v) is 5.68. The lowest BCUT2D eigenvalue weighted by molar-refractivity contribution is -0.143. The zero-order chi connectivity index (χ0) is 17.2. The van der Waals surface area contributed by atoms with Crippen LogP contribution in [0.25, 0.3) is 0 Å². The van der Waals surface area contributed by atoms with Crippen LogP contribution in [0.15, 0.2) is 0 Å². The van der Waals surface area contributed by atoms with Crippen molar-refractivity contribution in [1.82, 2.24) is 15.1 Å². The van der Waals surface area contributed by atoms with Crippen LogP contribution in [0.2, 0.25) is 5.02 Å². The Hall–Kier alpha value is -1.24. The van der Waals surface area contributed by atoms with Crippen LogP contribution in [-0.4, -0.2) is 21.7 Å². The summed E-state index contributed by atoms with van der Waals surface area (Å²) in [5.74, 6) is 1.81. The molecule has 1 amide bonds. The maximum Gasteiger partial charge on any atom is 0.434 e. The highest BCUT2D eigenvalue weighted by atomic mass is 35.5. The molecular formula is C16H19ClF3N3O. The molecule has 4 saturated carbocycles. The molecule has 0 spiro atoms. The van der Waals surface area contributed by atoms with E-state index in [4.69, 9.17) is 11.6 Å². The number of hydrogen-bond acceptors (Lipinski definition) is 2. The number of hydrogen-bond donors (Lipinski definition) is 1. The number of rotatable bonds is 2. The van der Waals surface area contributed by atoms with Crippen molar-refractivity contribution in [3.63, 3.8) is 0 Å². The summed E-state index contributed by atoms with van der Waals surface area (Å²) in [5, 5.41) is 6.04. The minimum absolute atomic E-state index is 0.0395. The number of halogens is 4. The first-order chi connectivity index (χ1) is 11.2. The number of carbonyl (C=O) groups is 1. The van der Waals surface area contributed by atoms with Gasteiger partial charge in [0.25, 0.3) is 5.91 Å². The summed E-state index contributed by atoms with van der Waals surface area (Å²) in [5.41, 5.74) is -1.42. The highest BCUT2D eigenvalue weighted by Crippen LogP contribution is 2.53. The monoisotopic (exact) mass is 361 g/mol. The van der Waals surface area contributed by atoms with Crippen molar-refractivity contribution in [2.24, 2.45) is 30.7 Å². The van der Waals surface area contributed by atoms with Crippen molar-refractivity contribution in [3.8, 4) is 0 Å². The van der Waals surface area contributed by atoms with E-state index < -0.39 is 22.8 Å². The molecule has 1 aromatic heterocycles. The number of alkyl halides is 3. The zero-order valence-electron chi connectivity index (χ0n) is 13.2. The molecule has 5 rings (SSSR count). The van der Waals surface area contributed by atoms with Crippen LogP contribution in [0.1, 0.15) is 48.3 Å². The Morgan fingerprint density at radius 3 is 2.17 bits per heavy atom. The summed E-state index contributed by atoms with van der Waals surface area (Å²) in [6, 6.07) is 0.0395. The fourth-order valence-electron chi connectivity index (χ4n) is 5.33. The third-order valence-corrected chi connectivity index (χ3v) is 6.36. The molecule has 4 bridgehead atoms. The topological polar surface area (TPSA) is 46.9 Å². The highest BCUT2D eigenvalue weighted by Gasteiger charge is 2.49. The van der Waals surface area contributed by atoms with E-state index in [1.807, 2.05) is 0 Å². The van der Waals surface area contributed by atoms with E-state index in [1.54, 1.807) is 0 Å². The number of nitrogens with one attached hydrogen (secondary N) is 1. The van der Waals surface area contributed by atoms with Crippen LogP contribution in [-0.2, 0) is 13.2 Å². The van der Waals surface area contributed by atoms with E-state index in [1.165, 1.54) is 6.42 Å². The maximum atomic E-state index is 13.0. The first-order valence-electron chi connectivity index (χ1n) is 8.34. The number of nitrogens with zero attached hydrogens (tertiary/aromatic N) is 2. The van der Waals surface area contributed by atoms with Crippen molar-refractivity contribution in [2.75, 3.05) is 0 Å². The lowest BCUT2D eigenvalue weighted by Crippen LogP contribution is -2.55. The van der Waals surface area contributed by atoms with Crippen molar-refractivity contribution in [2.45, 2.75) is 44.3 Å². The van der Waals surface area contributed by atoms with E-state index in [-0.39, 0.29) is 11.7 Å². The van der Waals surface area contributed by atoms with Gasteiger partial charge in [0.05, 0.1) is 0 Å². The minimum atomic E-state index is -4.64. The second-order valence-electron chi connectivity index (χ2n) is 7.56. The molecule has 4 nitrogen and oxygen atoms in total. The van der Waals surface area contributed by atoms with Gasteiger partial charge in [-0.25, -0.2) is 0 Å². The van der Waals surface area contributed by atoms with Gasteiger partial charge >= 0.3 is 6.18 Å². The van der Waals surface area contributed by atoms with E-state index in [0.29, 0.717) is 16.5 Å². The second kappa shape index (κ2) is 5.38. The molecular weight excluding hydrogens is 343 g/mol. The third kappa shape index (κ3) is 2.52. The number of amides is 1. The molecule has 4 fully saturated rings. The smallest absolute Gasteiger partial charge is 0.347 e. The van der Waals surface area contributed by atoms with Gasteiger partial charge in [-0.15, -0.1) is 0 Å². The summed E-state index contributed by atoms with van der Waals surface area (Å²) in [6.45, 7) is 0. The molecule has 0 atom stereocenters.